The van der Waals surface area contributed by atoms with Crippen LogP contribution in [-0.2, 0) is 13.1 Å². The van der Waals surface area contributed by atoms with E-state index in [0.29, 0.717) is 0 Å². The Morgan fingerprint density at radius 3 is 2.46 bits per heavy atom. The van der Waals surface area contributed by atoms with E-state index in [4.69, 9.17) is 5.73 Å². The van der Waals surface area contributed by atoms with Crippen LogP contribution >= 0.6 is 0 Å². The third kappa shape index (κ3) is 2.21. The van der Waals surface area contributed by atoms with Crippen molar-refractivity contribution in [3.05, 3.63) is 34.9 Å². The zero-order valence-electron chi connectivity index (χ0n) is 6.99. The molecule has 1 aromatic carbocycles. The molecule has 0 fully saturated rings. The molecule has 0 heterocycles. The van der Waals surface area contributed by atoms with Gasteiger partial charge in [0.05, 0.1) is 0 Å². The Bertz CT molecular complexity index is 299. The molecule has 13 heavy (non-hydrogen) atoms. The molecule has 0 amide bonds. The number of rotatable bonds is 3. The number of hydrogen-bond donors (Lipinski definition) is 1. The summed E-state index contributed by atoms with van der Waals surface area (Å²) in [5.74, 6) is -1.94. The molecule has 0 saturated heterocycles. The van der Waals surface area contributed by atoms with Crippen molar-refractivity contribution in [3.63, 3.8) is 0 Å². The molecule has 0 saturated carbocycles. The summed E-state index contributed by atoms with van der Waals surface area (Å²) in [6.07, 6.45) is 0.219. The summed E-state index contributed by atoms with van der Waals surface area (Å²) in [4.78, 5) is 0. The summed E-state index contributed by atoms with van der Waals surface area (Å²) in [6, 6.07) is 2.15. The van der Waals surface area contributed by atoms with Gasteiger partial charge in [-0.05, 0) is 30.2 Å². The highest BCUT2D eigenvalue weighted by molar-refractivity contribution is 5.26. The lowest BCUT2D eigenvalue weighted by Gasteiger charge is -2.04. The lowest BCUT2D eigenvalue weighted by atomic mass is 10.1. The molecule has 0 spiro atoms. The van der Waals surface area contributed by atoms with Gasteiger partial charge in [0.25, 0.3) is 0 Å². The van der Waals surface area contributed by atoms with Crippen LogP contribution < -0.4 is 5.73 Å². The summed E-state index contributed by atoms with van der Waals surface area (Å²) < 4.78 is 37.9. The standard InChI is InChI=1S/C9H10F3N/c10-5-6-3-7(1-2-13)9(12)8(11)4-6/h3-4H,1-2,5,13H2. The molecular formula is C9H10F3N. The van der Waals surface area contributed by atoms with Gasteiger partial charge in [0.2, 0.25) is 0 Å². The summed E-state index contributed by atoms with van der Waals surface area (Å²) >= 11 is 0. The zero-order chi connectivity index (χ0) is 9.84. The van der Waals surface area contributed by atoms with E-state index in [1.54, 1.807) is 0 Å². The number of hydrogen-bond acceptors (Lipinski definition) is 1. The molecule has 72 valence electrons. The van der Waals surface area contributed by atoms with Crippen molar-refractivity contribution < 1.29 is 13.2 Å². The van der Waals surface area contributed by atoms with E-state index in [0.717, 1.165) is 6.07 Å². The van der Waals surface area contributed by atoms with Gasteiger partial charge in [-0.25, -0.2) is 13.2 Å². The maximum Gasteiger partial charge on any atom is 0.162 e. The summed E-state index contributed by atoms with van der Waals surface area (Å²) in [5.41, 5.74) is 5.46. The molecule has 1 rings (SSSR count). The first-order valence-electron chi connectivity index (χ1n) is 3.92. The second kappa shape index (κ2) is 4.28. The van der Waals surface area contributed by atoms with E-state index < -0.39 is 18.3 Å². The Kier molecular flexibility index (Phi) is 3.31. The van der Waals surface area contributed by atoms with Crippen LogP contribution in [0.1, 0.15) is 11.1 Å². The predicted molar refractivity (Wildman–Crippen MR) is 43.9 cm³/mol. The van der Waals surface area contributed by atoms with Gasteiger partial charge in [0.15, 0.2) is 11.6 Å². The Hall–Kier alpha value is -1.03. The predicted octanol–water partition coefficient (Wildman–Crippen LogP) is 1.94. The molecule has 1 aromatic rings. The minimum atomic E-state index is -1.02. The topological polar surface area (TPSA) is 26.0 Å². The van der Waals surface area contributed by atoms with Crippen LogP contribution in [0, 0.1) is 11.6 Å². The molecule has 0 atom stereocenters. The smallest absolute Gasteiger partial charge is 0.162 e. The Morgan fingerprint density at radius 1 is 1.23 bits per heavy atom. The highest BCUT2D eigenvalue weighted by Crippen LogP contribution is 2.16. The van der Waals surface area contributed by atoms with Crippen molar-refractivity contribution in [2.24, 2.45) is 5.73 Å². The first kappa shape index (κ1) is 10.1. The van der Waals surface area contributed by atoms with Crippen LogP contribution in [0.2, 0.25) is 0 Å². The van der Waals surface area contributed by atoms with E-state index in [2.05, 4.69) is 0 Å². The first-order valence-corrected chi connectivity index (χ1v) is 3.92. The Labute approximate surface area is 74.4 Å². The second-order valence-electron chi connectivity index (χ2n) is 2.72. The molecule has 4 heteroatoms. The average molecular weight is 189 g/mol. The summed E-state index contributed by atoms with van der Waals surface area (Å²) in [7, 11) is 0. The van der Waals surface area contributed by atoms with Gasteiger partial charge < -0.3 is 5.73 Å². The van der Waals surface area contributed by atoms with Crippen LogP contribution in [-0.4, -0.2) is 6.54 Å². The van der Waals surface area contributed by atoms with Crippen molar-refractivity contribution in [1.29, 1.82) is 0 Å². The largest absolute Gasteiger partial charge is 0.330 e. The lowest BCUT2D eigenvalue weighted by molar-refractivity contribution is 0.468. The number of alkyl halides is 1. The first-order chi connectivity index (χ1) is 6.19. The third-order valence-corrected chi connectivity index (χ3v) is 1.73. The van der Waals surface area contributed by atoms with Crippen molar-refractivity contribution in [2.75, 3.05) is 6.54 Å². The van der Waals surface area contributed by atoms with Crippen LogP contribution in [0.3, 0.4) is 0 Å². The minimum absolute atomic E-state index is 0.134. The maximum atomic E-state index is 13.0. The van der Waals surface area contributed by atoms with E-state index in [-0.39, 0.29) is 24.1 Å². The Morgan fingerprint density at radius 2 is 1.92 bits per heavy atom. The van der Waals surface area contributed by atoms with Gasteiger partial charge in [-0.15, -0.1) is 0 Å². The summed E-state index contributed by atoms with van der Waals surface area (Å²) in [6.45, 7) is -0.582. The Balaban J connectivity index is 3.09. The van der Waals surface area contributed by atoms with Gasteiger partial charge in [-0.1, -0.05) is 6.07 Å². The fraction of sp³-hybridized carbons (Fsp3) is 0.333. The molecule has 0 aliphatic rings. The van der Waals surface area contributed by atoms with Gasteiger partial charge in [0.1, 0.15) is 6.67 Å². The minimum Gasteiger partial charge on any atom is -0.330 e. The fourth-order valence-electron chi connectivity index (χ4n) is 1.12. The summed E-state index contributed by atoms with van der Waals surface area (Å²) in [5, 5.41) is 0. The highest BCUT2D eigenvalue weighted by atomic mass is 19.2. The molecule has 2 N–H and O–H groups in total. The van der Waals surface area contributed by atoms with Crippen LogP contribution in [0.15, 0.2) is 12.1 Å². The van der Waals surface area contributed by atoms with Crippen LogP contribution in [0.4, 0.5) is 13.2 Å². The quantitative estimate of drug-likeness (QED) is 0.772. The van der Waals surface area contributed by atoms with Gasteiger partial charge in [-0.3, -0.25) is 0 Å². The molecule has 1 nitrogen and oxygen atoms in total. The van der Waals surface area contributed by atoms with Gasteiger partial charge in [0, 0.05) is 0 Å². The second-order valence-corrected chi connectivity index (χ2v) is 2.72. The van der Waals surface area contributed by atoms with E-state index >= 15 is 0 Å². The van der Waals surface area contributed by atoms with Crippen molar-refractivity contribution >= 4 is 0 Å². The van der Waals surface area contributed by atoms with E-state index in [1.165, 1.54) is 6.07 Å². The van der Waals surface area contributed by atoms with E-state index in [1.807, 2.05) is 0 Å². The SMILES string of the molecule is NCCc1cc(CF)cc(F)c1F. The molecule has 0 aromatic heterocycles. The maximum absolute atomic E-state index is 13.0. The number of nitrogens with two attached hydrogens (primary N) is 1. The monoisotopic (exact) mass is 189 g/mol. The highest BCUT2D eigenvalue weighted by Gasteiger charge is 2.09. The van der Waals surface area contributed by atoms with Crippen LogP contribution in [0.25, 0.3) is 0 Å². The molecular weight excluding hydrogens is 179 g/mol. The van der Waals surface area contributed by atoms with Crippen LogP contribution in [0.5, 0.6) is 0 Å². The average Bonchev–Trinajstić information content (AvgIpc) is 2.13. The zero-order valence-corrected chi connectivity index (χ0v) is 6.99. The molecule has 0 bridgehead atoms. The van der Waals surface area contributed by atoms with Crippen molar-refractivity contribution in [1.82, 2.24) is 0 Å². The normalized spacial score (nSPS) is 10.5. The molecule has 0 radical (unpaired) electrons. The van der Waals surface area contributed by atoms with Crippen molar-refractivity contribution in [2.45, 2.75) is 13.1 Å². The molecule has 0 aliphatic heterocycles. The molecule has 0 unspecified atom stereocenters. The van der Waals surface area contributed by atoms with Crippen molar-refractivity contribution in [3.8, 4) is 0 Å². The van der Waals surface area contributed by atoms with E-state index in [9.17, 15) is 13.2 Å². The fourth-order valence-corrected chi connectivity index (χ4v) is 1.12. The van der Waals surface area contributed by atoms with Gasteiger partial charge in [-0.2, -0.15) is 0 Å². The van der Waals surface area contributed by atoms with Gasteiger partial charge >= 0.3 is 0 Å². The molecule has 0 aliphatic carbocycles. The number of halogens is 3. The third-order valence-electron chi connectivity index (χ3n) is 1.73. The number of benzene rings is 1. The lowest BCUT2D eigenvalue weighted by Crippen LogP contribution is -2.06.